The largest absolute Gasteiger partial charge is 0.350 e. The fourth-order valence-electron chi connectivity index (χ4n) is 3.27. The molecule has 0 saturated carbocycles. The topological polar surface area (TPSA) is 79.4 Å². The number of aromatic nitrogens is 1. The molecular formula is C22H21N3O3S2. The van der Waals surface area contributed by atoms with E-state index in [0.717, 1.165) is 16.7 Å². The van der Waals surface area contributed by atoms with Gasteiger partial charge in [-0.2, -0.15) is 4.31 Å². The molecule has 3 aromatic rings. The van der Waals surface area contributed by atoms with E-state index in [1.165, 1.54) is 16.1 Å². The van der Waals surface area contributed by atoms with Gasteiger partial charge in [-0.3, -0.25) is 9.78 Å². The number of amides is 1. The molecule has 6 nitrogen and oxygen atoms in total. The highest BCUT2D eigenvalue weighted by Crippen LogP contribution is 2.31. The summed E-state index contributed by atoms with van der Waals surface area (Å²) in [7, 11) is -3.78. The second-order valence-corrected chi connectivity index (χ2v) is 9.89. The smallest absolute Gasteiger partial charge is 0.249 e. The second kappa shape index (κ2) is 8.99. The van der Waals surface area contributed by atoms with Crippen LogP contribution in [0.25, 0.3) is 11.1 Å². The minimum absolute atomic E-state index is 0.190. The van der Waals surface area contributed by atoms with Gasteiger partial charge in [0.1, 0.15) is 5.37 Å². The number of benzene rings is 2. The van der Waals surface area contributed by atoms with Crippen LogP contribution in [0.15, 0.2) is 84.0 Å². The molecule has 1 fully saturated rings. The lowest BCUT2D eigenvalue weighted by Gasteiger charge is -2.22. The maximum atomic E-state index is 13.2. The van der Waals surface area contributed by atoms with Crippen LogP contribution in [-0.2, 0) is 21.4 Å². The number of rotatable bonds is 6. The third-order valence-corrected chi connectivity index (χ3v) is 8.05. The third kappa shape index (κ3) is 4.40. The third-order valence-electron chi connectivity index (χ3n) is 4.83. The van der Waals surface area contributed by atoms with E-state index in [4.69, 9.17) is 0 Å². The molecule has 30 heavy (non-hydrogen) atoms. The van der Waals surface area contributed by atoms with Crippen molar-refractivity contribution < 1.29 is 13.2 Å². The maximum Gasteiger partial charge on any atom is 0.249 e. The van der Waals surface area contributed by atoms with Crippen LogP contribution in [0.1, 0.15) is 5.56 Å². The predicted octanol–water partition coefficient (Wildman–Crippen LogP) is 3.13. The number of carbonyl (C=O) groups is 1. The molecule has 1 aromatic heterocycles. The molecule has 4 rings (SSSR count). The Bertz CT molecular complexity index is 1110. The van der Waals surface area contributed by atoms with E-state index in [0.29, 0.717) is 18.8 Å². The second-order valence-electron chi connectivity index (χ2n) is 6.81. The first kappa shape index (κ1) is 20.6. The summed E-state index contributed by atoms with van der Waals surface area (Å²) in [6.45, 7) is 0.613. The van der Waals surface area contributed by atoms with Gasteiger partial charge in [-0.05, 0) is 34.9 Å². The zero-order valence-electron chi connectivity index (χ0n) is 16.1. The molecule has 2 aromatic carbocycles. The maximum absolute atomic E-state index is 13.2. The van der Waals surface area contributed by atoms with Crippen LogP contribution in [0, 0.1) is 0 Å². The molecule has 0 aliphatic carbocycles. The van der Waals surface area contributed by atoms with Crippen molar-refractivity contribution >= 4 is 27.7 Å². The molecule has 0 spiro atoms. The highest BCUT2D eigenvalue weighted by molar-refractivity contribution is 8.02. The van der Waals surface area contributed by atoms with Gasteiger partial charge in [0, 0.05) is 31.2 Å². The summed E-state index contributed by atoms with van der Waals surface area (Å²) in [5, 5.41) is 2.04. The SMILES string of the molecule is O=C(NCc1cccnc1)C1SCCN1S(=O)(=O)c1ccc(-c2ccccc2)cc1. The number of hydrogen-bond acceptors (Lipinski definition) is 5. The van der Waals surface area contributed by atoms with Crippen molar-refractivity contribution in [1.29, 1.82) is 0 Å². The van der Waals surface area contributed by atoms with E-state index in [1.807, 2.05) is 36.4 Å². The first-order valence-electron chi connectivity index (χ1n) is 9.51. The first-order chi connectivity index (χ1) is 14.6. The van der Waals surface area contributed by atoms with Crippen molar-refractivity contribution in [1.82, 2.24) is 14.6 Å². The van der Waals surface area contributed by atoms with Crippen LogP contribution in [0.3, 0.4) is 0 Å². The lowest BCUT2D eigenvalue weighted by Crippen LogP contribution is -2.44. The Morgan fingerprint density at radius 3 is 2.47 bits per heavy atom. The molecule has 1 aliphatic heterocycles. The first-order valence-corrected chi connectivity index (χ1v) is 12.0. The van der Waals surface area contributed by atoms with Crippen LogP contribution < -0.4 is 5.32 Å². The van der Waals surface area contributed by atoms with Crippen molar-refractivity contribution in [2.75, 3.05) is 12.3 Å². The van der Waals surface area contributed by atoms with Crippen LogP contribution in [0.2, 0.25) is 0 Å². The Kier molecular flexibility index (Phi) is 6.17. The fraction of sp³-hybridized carbons (Fsp3) is 0.182. The summed E-state index contributed by atoms with van der Waals surface area (Å²) < 4.78 is 27.7. The van der Waals surface area contributed by atoms with Gasteiger partial charge in [-0.25, -0.2) is 8.42 Å². The van der Waals surface area contributed by atoms with Gasteiger partial charge in [-0.1, -0.05) is 48.5 Å². The predicted molar refractivity (Wildman–Crippen MR) is 118 cm³/mol. The molecule has 154 valence electrons. The van der Waals surface area contributed by atoms with Gasteiger partial charge in [0.25, 0.3) is 0 Å². The number of pyridine rings is 1. The summed E-state index contributed by atoms with van der Waals surface area (Å²) in [6.07, 6.45) is 3.33. The number of thioether (sulfide) groups is 1. The van der Waals surface area contributed by atoms with E-state index >= 15 is 0 Å². The molecule has 1 saturated heterocycles. The molecule has 1 amide bonds. The summed E-state index contributed by atoms with van der Waals surface area (Å²) in [4.78, 5) is 16.9. The zero-order valence-corrected chi connectivity index (χ0v) is 17.8. The Labute approximate surface area is 180 Å². The summed E-state index contributed by atoms with van der Waals surface area (Å²) in [5.41, 5.74) is 2.82. The molecule has 0 bridgehead atoms. The molecular weight excluding hydrogens is 418 g/mol. The summed E-state index contributed by atoms with van der Waals surface area (Å²) >= 11 is 1.33. The van der Waals surface area contributed by atoms with Crippen LogP contribution in [0.5, 0.6) is 0 Å². The molecule has 2 heterocycles. The molecule has 1 unspecified atom stereocenters. The van der Waals surface area contributed by atoms with Gasteiger partial charge in [0.2, 0.25) is 15.9 Å². The van der Waals surface area contributed by atoms with Crippen molar-refractivity contribution in [2.24, 2.45) is 0 Å². The number of hydrogen-bond donors (Lipinski definition) is 1. The van der Waals surface area contributed by atoms with Crippen molar-refractivity contribution in [2.45, 2.75) is 16.8 Å². The van der Waals surface area contributed by atoms with E-state index < -0.39 is 15.4 Å². The van der Waals surface area contributed by atoms with Crippen molar-refractivity contribution in [3.63, 3.8) is 0 Å². The van der Waals surface area contributed by atoms with E-state index in [9.17, 15) is 13.2 Å². The van der Waals surface area contributed by atoms with Crippen LogP contribution in [0.4, 0.5) is 0 Å². The molecule has 0 radical (unpaired) electrons. The zero-order chi connectivity index (χ0) is 21.0. The Hall–Kier alpha value is -2.68. The minimum atomic E-state index is -3.78. The van der Waals surface area contributed by atoms with Crippen molar-refractivity contribution in [3.05, 3.63) is 84.7 Å². The summed E-state index contributed by atoms with van der Waals surface area (Å²) in [6, 6.07) is 20.2. The number of nitrogens with zero attached hydrogens (tertiary/aromatic N) is 2. The van der Waals surface area contributed by atoms with Crippen LogP contribution in [-0.4, -0.2) is 41.3 Å². The molecule has 1 aliphatic rings. The number of sulfonamides is 1. The highest BCUT2D eigenvalue weighted by Gasteiger charge is 2.40. The fourth-order valence-corrected chi connectivity index (χ4v) is 6.37. The van der Waals surface area contributed by atoms with E-state index in [2.05, 4.69) is 10.3 Å². The monoisotopic (exact) mass is 439 g/mol. The van der Waals surface area contributed by atoms with Gasteiger partial charge in [0.15, 0.2) is 0 Å². The Balaban J connectivity index is 1.49. The lowest BCUT2D eigenvalue weighted by atomic mass is 10.1. The van der Waals surface area contributed by atoms with Gasteiger partial charge >= 0.3 is 0 Å². The quantitative estimate of drug-likeness (QED) is 0.638. The molecule has 1 N–H and O–H groups in total. The number of nitrogens with one attached hydrogen (secondary N) is 1. The molecule has 1 atom stereocenters. The highest BCUT2D eigenvalue weighted by atomic mass is 32.2. The average Bonchev–Trinajstić information content (AvgIpc) is 3.30. The van der Waals surface area contributed by atoms with E-state index in [-0.39, 0.29) is 10.8 Å². The normalized spacial score (nSPS) is 17.0. The van der Waals surface area contributed by atoms with E-state index in [1.54, 1.807) is 42.7 Å². The van der Waals surface area contributed by atoms with Gasteiger partial charge in [0.05, 0.1) is 4.90 Å². The molecule has 8 heteroatoms. The number of carbonyl (C=O) groups excluding carboxylic acids is 1. The average molecular weight is 440 g/mol. The van der Waals surface area contributed by atoms with Crippen molar-refractivity contribution in [3.8, 4) is 11.1 Å². The minimum Gasteiger partial charge on any atom is -0.350 e. The van der Waals surface area contributed by atoms with Gasteiger partial charge < -0.3 is 5.32 Å². The standard InChI is InChI=1S/C22H21N3O3S2/c26-21(24-16-17-5-4-12-23-15-17)22-25(13-14-29-22)30(27,28)20-10-8-19(9-11-20)18-6-2-1-3-7-18/h1-12,15,22H,13-14,16H2,(H,24,26). The summed E-state index contributed by atoms with van der Waals surface area (Å²) in [5.74, 6) is 0.262. The van der Waals surface area contributed by atoms with Crippen LogP contribution >= 0.6 is 11.8 Å². The Morgan fingerprint density at radius 1 is 1.03 bits per heavy atom. The Morgan fingerprint density at radius 2 is 1.77 bits per heavy atom. The lowest BCUT2D eigenvalue weighted by molar-refractivity contribution is -0.122. The van der Waals surface area contributed by atoms with Gasteiger partial charge in [-0.15, -0.1) is 11.8 Å².